The molecule has 1 amide bonds. The summed E-state index contributed by atoms with van der Waals surface area (Å²) < 4.78 is 10.6. The number of rotatable bonds is 4. The second-order valence-corrected chi connectivity index (χ2v) is 5.19. The average molecular weight is 324 g/mol. The summed E-state index contributed by atoms with van der Waals surface area (Å²) in [7, 11) is 0. The summed E-state index contributed by atoms with van der Waals surface area (Å²) in [6, 6.07) is 3.18. The Morgan fingerprint density at radius 2 is 2.27 bits per heavy atom. The van der Waals surface area contributed by atoms with Crippen LogP contribution in [0.2, 0.25) is 5.02 Å². The normalized spacial score (nSPS) is 14.9. The molecule has 3 heterocycles. The molecular weight excluding hydrogens is 310 g/mol. The zero-order chi connectivity index (χ0) is 15.4. The minimum Gasteiger partial charge on any atom is -0.484 e. The van der Waals surface area contributed by atoms with Gasteiger partial charge in [0.15, 0.2) is 11.5 Å². The van der Waals surface area contributed by atoms with Crippen LogP contribution in [0.25, 0.3) is 0 Å². The molecule has 0 aromatic carbocycles. The Labute approximate surface area is 131 Å². The lowest BCUT2D eigenvalue weighted by molar-refractivity contribution is -0.144. The number of ether oxygens (including phenoxy) is 1. The van der Waals surface area contributed by atoms with Crippen molar-refractivity contribution in [1.29, 1.82) is 0 Å². The highest BCUT2D eigenvalue weighted by Crippen LogP contribution is 2.17. The molecule has 0 saturated carbocycles. The van der Waals surface area contributed by atoms with Crippen molar-refractivity contribution < 1.29 is 18.9 Å². The van der Waals surface area contributed by atoms with E-state index in [1.807, 2.05) is 0 Å². The Morgan fingerprint density at radius 3 is 3.05 bits per heavy atom. The van der Waals surface area contributed by atoms with Crippen molar-refractivity contribution in [3.05, 3.63) is 41.0 Å². The Kier molecular flexibility index (Phi) is 4.55. The molecule has 8 heteroatoms. The largest absolute Gasteiger partial charge is 0.484 e. The van der Waals surface area contributed by atoms with E-state index in [9.17, 15) is 4.79 Å². The minimum atomic E-state index is -0.306. The highest BCUT2D eigenvalue weighted by molar-refractivity contribution is 6.30. The molecule has 0 atom stereocenters. The molecule has 1 saturated heterocycles. The number of halogens is 1. The van der Waals surface area contributed by atoms with Crippen LogP contribution in [0.4, 0.5) is 0 Å². The lowest BCUT2D eigenvalue weighted by atomic mass is 10.3. The van der Waals surface area contributed by atoms with Gasteiger partial charge >= 0.3 is 0 Å². The predicted octanol–water partition coefficient (Wildman–Crippen LogP) is 2.47. The Bertz CT molecular complexity index is 655. The van der Waals surface area contributed by atoms with Gasteiger partial charge in [-0.25, -0.2) is 5.06 Å². The summed E-state index contributed by atoms with van der Waals surface area (Å²) in [6.07, 6.45) is 4.92. The van der Waals surface area contributed by atoms with Gasteiger partial charge in [0.1, 0.15) is 12.4 Å². The number of carbonyl (C=O) groups is 1. The summed E-state index contributed by atoms with van der Waals surface area (Å²) in [5.41, 5.74) is 0.199. The van der Waals surface area contributed by atoms with Crippen molar-refractivity contribution in [3.63, 3.8) is 0 Å². The number of carbonyl (C=O) groups excluding carboxylic acids is 1. The SMILES string of the molecule is O=C(c1cc(COc2cncc(Cl)c2)on1)N1CCCCO1. The number of hydrogen-bond acceptors (Lipinski definition) is 6. The fraction of sp³-hybridized carbons (Fsp3) is 0.357. The van der Waals surface area contributed by atoms with E-state index in [-0.39, 0.29) is 18.2 Å². The highest BCUT2D eigenvalue weighted by atomic mass is 35.5. The number of amides is 1. The lowest BCUT2D eigenvalue weighted by Gasteiger charge is -2.24. The monoisotopic (exact) mass is 323 g/mol. The van der Waals surface area contributed by atoms with E-state index in [1.165, 1.54) is 23.5 Å². The third-order valence-electron chi connectivity index (χ3n) is 3.07. The first-order valence-electron chi connectivity index (χ1n) is 6.86. The van der Waals surface area contributed by atoms with Crippen molar-refractivity contribution in [2.45, 2.75) is 19.4 Å². The van der Waals surface area contributed by atoms with Crippen molar-refractivity contribution in [3.8, 4) is 5.75 Å². The van der Waals surface area contributed by atoms with Gasteiger partial charge in [-0.3, -0.25) is 14.6 Å². The van der Waals surface area contributed by atoms with Crippen LogP contribution in [-0.2, 0) is 11.4 Å². The van der Waals surface area contributed by atoms with Crippen LogP contribution >= 0.6 is 11.6 Å². The third kappa shape index (κ3) is 3.55. The molecule has 7 nitrogen and oxygen atoms in total. The molecule has 0 radical (unpaired) electrons. The Balaban J connectivity index is 1.60. The molecule has 1 fully saturated rings. The van der Waals surface area contributed by atoms with Crippen LogP contribution in [0.1, 0.15) is 29.1 Å². The molecule has 0 spiro atoms. The van der Waals surface area contributed by atoms with E-state index in [0.29, 0.717) is 29.7 Å². The van der Waals surface area contributed by atoms with Crippen molar-refractivity contribution in [2.24, 2.45) is 0 Å². The van der Waals surface area contributed by atoms with E-state index >= 15 is 0 Å². The third-order valence-corrected chi connectivity index (χ3v) is 3.27. The fourth-order valence-electron chi connectivity index (χ4n) is 1.99. The molecule has 0 bridgehead atoms. The fourth-order valence-corrected chi connectivity index (χ4v) is 2.16. The molecule has 116 valence electrons. The van der Waals surface area contributed by atoms with Crippen LogP contribution in [0.15, 0.2) is 29.0 Å². The van der Waals surface area contributed by atoms with Gasteiger partial charge in [0.25, 0.3) is 5.91 Å². The zero-order valence-electron chi connectivity index (χ0n) is 11.7. The molecule has 3 rings (SSSR count). The van der Waals surface area contributed by atoms with Crippen molar-refractivity contribution >= 4 is 17.5 Å². The summed E-state index contributed by atoms with van der Waals surface area (Å²) in [5, 5.41) is 5.55. The second kappa shape index (κ2) is 6.76. The first-order valence-corrected chi connectivity index (χ1v) is 7.24. The summed E-state index contributed by atoms with van der Waals surface area (Å²) >= 11 is 5.82. The van der Waals surface area contributed by atoms with Crippen LogP contribution in [0.5, 0.6) is 5.75 Å². The van der Waals surface area contributed by atoms with Gasteiger partial charge in [-0.2, -0.15) is 0 Å². The molecule has 2 aromatic rings. The van der Waals surface area contributed by atoms with Gasteiger partial charge in [0.2, 0.25) is 0 Å². The van der Waals surface area contributed by atoms with E-state index in [2.05, 4.69) is 10.1 Å². The molecule has 2 aromatic heterocycles. The van der Waals surface area contributed by atoms with Gasteiger partial charge in [-0.1, -0.05) is 16.8 Å². The molecular formula is C14H14ClN3O4. The Hall–Kier alpha value is -2.12. The highest BCUT2D eigenvalue weighted by Gasteiger charge is 2.22. The van der Waals surface area contributed by atoms with E-state index in [1.54, 1.807) is 6.07 Å². The van der Waals surface area contributed by atoms with Gasteiger partial charge in [0.05, 0.1) is 17.8 Å². The molecule has 0 N–H and O–H groups in total. The van der Waals surface area contributed by atoms with Gasteiger partial charge in [0, 0.05) is 24.9 Å². The first-order chi connectivity index (χ1) is 10.7. The maximum atomic E-state index is 12.1. The van der Waals surface area contributed by atoms with Crippen LogP contribution < -0.4 is 4.74 Å². The van der Waals surface area contributed by atoms with Crippen LogP contribution in [-0.4, -0.2) is 34.3 Å². The summed E-state index contributed by atoms with van der Waals surface area (Å²) in [5.74, 6) is 0.635. The van der Waals surface area contributed by atoms with Gasteiger partial charge < -0.3 is 9.26 Å². The van der Waals surface area contributed by atoms with Gasteiger partial charge in [-0.05, 0) is 12.8 Å². The number of nitrogens with zero attached hydrogens (tertiary/aromatic N) is 3. The van der Waals surface area contributed by atoms with Crippen molar-refractivity contribution in [2.75, 3.05) is 13.2 Å². The average Bonchev–Trinajstić information content (AvgIpc) is 3.02. The number of pyridine rings is 1. The topological polar surface area (TPSA) is 77.7 Å². The molecule has 22 heavy (non-hydrogen) atoms. The Morgan fingerprint density at radius 1 is 1.36 bits per heavy atom. The zero-order valence-corrected chi connectivity index (χ0v) is 12.5. The van der Waals surface area contributed by atoms with Crippen LogP contribution in [0, 0.1) is 0 Å². The number of hydroxylamine groups is 2. The summed E-state index contributed by atoms with van der Waals surface area (Å²) in [4.78, 5) is 21.3. The number of hydrogen-bond donors (Lipinski definition) is 0. The first kappa shape index (κ1) is 14.8. The lowest BCUT2D eigenvalue weighted by Crippen LogP contribution is -2.35. The summed E-state index contributed by atoms with van der Waals surface area (Å²) in [6.45, 7) is 1.23. The van der Waals surface area contributed by atoms with Crippen LogP contribution in [0.3, 0.4) is 0 Å². The molecule has 0 unspecified atom stereocenters. The molecule has 1 aliphatic heterocycles. The molecule has 1 aliphatic rings. The maximum Gasteiger partial charge on any atom is 0.299 e. The minimum absolute atomic E-state index is 0.128. The van der Waals surface area contributed by atoms with Crippen molar-refractivity contribution in [1.82, 2.24) is 15.2 Å². The number of aromatic nitrogens is 2. The predicted molar refractivity (Wildman–Crippen MR) is 76.3 cm³/mol. The maximum absolute atomic E-state index is 12.1. The second-order valence-electron chi connectivity index (χ2n) is 4.75. The van der Waals surface area contributed by atoms with Gasteiger partial charge in [-0.15, -0.1) is 0 Å². The van der Waals surface area contributed by atoms with E-state index in [0.717, 1.165) is 12.8 Å². The quantitative estimate of drug-likeness (QED) is 0.860. The smallest absolute Gasteiger partial charge is 0.299 e. The van der Waals surface area contributed by atoms with E-state index in [4.69, 9.17) is 25.7 Å². The molecule has 0 aliphatic carbocycles. The standard InChI is InChI=1S/C14H14ClN3O4/c15-10-5-11(8-16-7-10)20-9-12-6-13(17-22-12)14(19)18-3-1-2-4-21-18/h5-8H,1-4,9H2. The van der Waals surface area contributed by atoms with E-state index < -0.39 is 0 Å².